The molecule has 0 radical (unpaired) electrons. The van der Waals surface area contributed by atoms with E-state index in [1.54, 1.807) is 0 Å². The van der Waals surface area contributed by atoms with Crippen LogP contribution in [0.25, 0.3) is 0 Å². The van der Waals surface area contributed by atoms with Crippen LogP contribution < -0.4 is 5.32 Å². The normalized spacial score (nSPS) is 30.8. The zero-order chi connectivity index (χ0) is 13.9. The van der Waals surface area contributed by atoms with Crippen LogP contribution in [0.4, 0.5) is 0 Å². The molecular formula is C16H31NO2. The summed E-state index contributed by atoms with van der Waals surface area (Å²) >= 11 is 0. The SMILES string of the molecule is CCOC1CC(NCC(O)CC(C)C)C12CCCC2. The Hall–Kier alpha value is -0.120. The second-order valence-corrected chi connectivity index (χ2v) is 6.86. The van der Waals surface area contributed by atoms with Gasteiger partial charge in [-0.25, -0.2) is 0 Å². The maximum atomic E-state index is 9.99. The predicted octanol–water partition coefficient (Wildman–Crippen LogP) is 2.72. The van der Waals surface area contributed by atoms with Gasteiger partial charge in [-0.1, -0.05) is 26.7 Å². The molecule has 0 aromatic heterocycles. The zero-order valence-corrected chi connectivity index (χ0v) is 12.8. The highest BCUT2D eigenvalue weighted by atomic mass is 16.5. The Bertz CT molecular complexity index is 274. The summed E-state index contributed by atoms with van der Waals surface area (Å²) in [7, 11) is 0. The van der Waals surface area contributed by atoms with Crippen LogP contribution in [-0.4, -0.2) is 36.5 Å². The highest BCUT2D eigenvalue weighted by Crippen LogP contribution is 2.54. The Morgan fingerprint density at radius 3 is 2.58 bits per heavy atom. The highest BCUT2D eigenvalue weighted by molar-refractivity contribution is 5.10. The predicted molar refractivity (Wildman–Crippen MR) is 78.2 cm³/mol. The molecule has 3 unspecified atom stereocenters. The minimum atomic E-state index is -0.204. The van der Waals surface area contributed by atoms with Crippen LogP contribution in [0, 0.1) is 11.3 Å². The fourth-order valence-electron chi connectivity index (χ4n) is 4.08. The molecule has 0 aromatic rings. The van der Waals surface area contributed by atoms with E-state index in [0.717, 1.165) is 26.0 Å². The van der Waals surface area contributed by atoms with Crippen molar-refractivity contribution in [2.45, 2.75) is 77.5 Å². The molecule has 0 saturated heterocycles. The van der Waals surface area contributed by atoms with Crippen LogP contribution in [0.3, 0.4) is 0 Å². The van der Waals surface area contributed by atoms with Gasteiger partial charge in [-0.3, -0.25) is 0 Å². The number of rotatable bonds is 7. The topological polar surface area (TPSA) is 41.5 Å². The molecule has 2 N–H and O–H groups in total. The average Bonchev–Trinajstić information content (AvgIpc) is 2.83. The van der Waals surface area contributed by atoms with Crippen LogP contribution >= 0.6 is 0 Å². The Balaban J connectivity index is 1.81. The van der Waals surface area contributed by atoms with Crippen LogP contribution in [0.5, 0.6) is 0 Å². The largest absolute Gasteiger partial charge is 0.392 e. The molecule has 2 fully saturated rings. The van der Waals surface area contributed by atoms with Crippen molar-refractivity contribution < 1.29 is 9.84 Å². The van der Waals surface area contributed by atoms with E-state index in [4.69, 9.17) is 4.74 Å². The van der Waals surface area contributed by atoms with Gasteiger partial charge in [0.15, 0.2) is 0 Å². The minimum Gasteiger partial charge on any atom is -0.392 e. The zero-order valence-electron chi connectivity index (χ0n) is 12.8. The van der Waals surface area contributed by atoms with Crippen molar-refractivity contribution in [3.05, 3.63) is 0 Å². The Labute approximate surface area is 118 Å². The van der Waals surface area contributed by atoms with Crippen molar-refractivity contribution in [3.8, 4) is 0 Å². The van der Waals surface area contributed by atoms with Crippen molar-refractivity contribution in [3.63, 3.8) is 0 Å². The molecule has 2 rings (SSSR count). The first kappa shape index (κ1) is 15.3. The lowest BCUT2D eigenvalue weighted by Crippen LogP contribution is -2.63. The van der Waals surface area contributed by atoms with E-state index in [0.29, 0.717) is 23.5 Å². The third-order valence-electron chi connectivity index (χ3n) is 5.03. The first-order valence-corrected chi connectivity index (χ1v) is 8.11. The van der Waals surface area contributed by atoms with Gasteiger partial charge in [0.25, 0.3) is 0 Å². The van der Waals surface area contributed by atoms with E-state index in [9.17, 15) is 5.11 Å². The maximum Gasteiger partial charge on any atom is 0.0667 e. The number of ether oxygens (including phenoxy) is 1. The summed E-state index contributed by atoms with van der Waals surface area (Å²) in [6, 6.07) is 0.563. The van der Waals surface area contributed by atoms with E-state index in [2.05, 4.69) is 26.1 Å². The fraction of sp³-hybridized carbons (Fsp3) is 1.00. The minimum absolute atomic E-state index is 0.204. The molecule has 19 heavy (non-hydrogen) atoms. The molecule has 0 amide bonds. The molecule has 3 nitrogen and oxygen atoms in total. The second-order valence-electron chi connectivity index (χ2n) is 6.86. The lowest BCUT2D eigenvalue weighted by atomic mass is 9.60. The monoisotopic (exact) mass is 269 g/mol. The number of aliphatic hydroxyl groups is 1. The summed E-state index contributed by atoms with van der Waals surface area (Å²) in [5.41, 5.74) is 0.383. The van der Waals surface area contributed by atoms with Crippen molar-refractivity contribution in [2.75, 3.05) is 13.2 Å². The van der Waals surface area contributed by atoms with E-state index < -0.39 is 0 Å². The van der Waals surface area contributed by atoms with E-state index in [1.165, 1.54) is 25.7 Å². The van der Waals surface area contributed by atoms with Crippen molar-refractivity contribution in [1.82, 2.24) is 5.32 Å². The van der Waals surface area contributed by atoms with E-state index in [1.807, 2.05) is 0 Å². The highest BCUT2D eigenvalue weighted by Gasteiger charge is 2.56. The van der Waals surface area contributed by atoms with E-state index in [-0.39, 0.29) is 6.10 Å². The van der Waals surface area contributed by atoms with Crippen molar-refractivity contribution in [2.24, 2.45) is 11.3 Å². The van der Waals surface area contributed by atoms with Crippen LogP contribution in [0.2, 0.25) is 0 Å². The first-order chi connectivity index (χ1) is 9.08. The van der Waals surface area contributed by atoms with Gasteiger partial charge in [0, 0.05) is 24.6 Å². The molecule has 2 saturated carbocycles. The first-order valence-electron chi connectivity index (χ1n) is 8.11. The number of nitrogens with one attached hydrogen (secondary N) is 1. The van der Waals surface area contributed by atoms with E-state index >= 15 is 0 Å². The summed E-state index contributed by atoms with van der Waals surface area (Å²) in [4.78, 5) is 0. The molecule has 0 aliphatic heterocycles. The van der Waals surface area contributed by atoms with Gasteiger partial charge in [-0.15, -0.1) is 0 Å². The van der Waals surface area contributed by atoms with Gasteiger partial charge in [0.2, 0.25) is 0 Å². The summed E-state index contributed by atoms with van der Waals surface area (Å²) in [5, 5.41) is 13.6. The molecule has 2 aliphatic carbocycles. The molecular weight excluding hydrogens is 238 g/mol. The molecule has 3 heteroatoms. The third kappa shape index (κ3) is 3.32. The third-order valence-corrected chi connectivity index (χ3v) is 5.03. The fourth-order valence-corrected chi connectivity index (χ4v) is 4.08. The standard InChI is InChI=1S/C16H31NO2/c1-4-19-15-10-14(16(15)7-5-6-8-16)17-11-13(18)9-12(2)3/h12-15,17-18H,4-11H2,1-3H3. The van der Waals surface area contributed by atoms with Crippen molar-refractivity contribution >= 4 is 0 Å². The smallest absolute Gasteiger partial charge is 0.0667 e. The Kier molecular flexibility index (Phi) is 5.27. The van der Waals surface area contributed by atoms with Gasteiger partial charge in [0.1, 0.15) is 0 Å². The lowest BCUT2D eigenvalue weighted by Gasteiger charge is -2.54. The van der Waals surface area contributed by atoms with Crippen LogP contribution in [0.15, 0.2) is 0 Å². The van der Waals surface area contributed by atoms with Gasteiger partial charge in [0.05, 0.1) is 12.2 Å². The summed E-state index contributed by atoms with van der Waals surface area (Å²) in [6.07, 6.45) is 7.56. The van der Waals surface area contributed by atoms with Crippen molar-refractivity contribution in [1.29, 1.82) is 0 Å². The summed E-state index contributed by atoms with van der Waals surface area (Å²) in [5.74, 6) is 0.565. The molecule has 0 aromatic carbocycles. The van der Waals surface area contributed by atoms with Gasteiger partial charge in [-0.2, -0.15) is 0 Å². The quantitative estimate of drug-likeness (QED) is 0.746. The Morgan fingerprint density at radius 1 is 1.32 bits per heavy atom. The number of aliphatic hydroxyl groups excluding tert-OH is 1. The number of hydrogen-bond acceptors (Lipinski definition) is 3. The lowest BCUT2D eigenvalue weighted by molar-refractivity contribution is -0.131. The maximum absolute atomic E-state index is 9.99. The van der Waals surface area contributed by atoms with Gasteiger partial charge >= 0.3 is 0 Å². The molecule has 0 heterocycles. The molecule has 3 atom stereocenters. The molecule has 1 spiro atoms. The summed E-state index contributed by atoms with van der Waals surface area (Å²) in [6.45, 7) is 7.99. The second kappa shape index (κ2) is 6.55. The van der Waals surface area contributed by atoms with Gasteiger partial charge in [-0.05, 0) is 38.5 Å². The molecule has 112 valence electrons. The molecule has 0 bridgehead atoms. The van der Waals surface area contributed by atoms with Gasteiger partial charge < -0.3 is 15.2 Å². The summed E-state index contributed by atoms with van der Waals surface area (Å²) < 4.78 is 5.91. The van der Waals surface area contributed by atoms with Crippen LogP contribution in [-0.2, 0) is 4.74 Å². The molecule has 2 aliphatic rings. The number of hydrogen-bond donors (Lipinski definition) is 2. The van der Waals surface area contributed by atoms with Crippen LogP contribution in [0.1, 0.15) is 59.3 Å². The Morgan fingerprint density at radius 2 is 2.00 bits per heavy atom. The average molecular weight is 269 g/mol.